The van der Waals surface area contributed by atoms with Gasteiger partial charge in [-0.25, -0.2) is 8.42 Å². The Morgan fingerprint density at radius 1 is 1.55 bits per heavy atom. The monoisotopic (exact) mass is 172 g/mol. The number of hydrogen-bond acceptors (Lipinski definition) is 4. The summed E-state index contributed by atoms with van der Waals surface area (Å²) in [5, 5.41) is 0. The van der Waals surface area contributed by atoms with E-state index in [1.54, 1.807) is 6.07 Å². The van der Waals surface area contributed by atoms with Gasteiger partial charge in [-0.2, -0.15) is 0 Å². The molecule has 0 fully saturated rings. The number of rotatable bonds is 2. The smallest absolute Gasteiger partial charge is 0.170 e. The Kier molecular flexibility index (Phi) is 2.56. The Morgan fingerprint density at radius 3 is 2.73 bits per heavy atom. The van der Waals surface area contributed by atoms with Crippen LogP contribution < -0.4 is 5.73 Å². The summed E-state index contributed by atoms with van der Waals surface area (Å²) in [5.41, 5.74) is 5.68. The van der Waals surface area contributed by atoms with Crippen molar-refractivity contribution in [3.63, 3.8) is 0 Å². The van der Waals surface area contributed by atoms with Crippen molar-refractivity contribution < 1.29 is 8.42 Å². The maximum atomic E-state index is 10.5. The molecule has 1 rings (SSSR count). The number of nitrogens with two attached hydrogens (primary N) is 1. The summed E-state index contributed by atoms with van der Waals surface area (Å²) in [6.07, 6.45) is 1.52. The van der Waals surface area contributed by atoms with E-state index in [0.29, 0.717) is 5.69 Å². The van der Waals surface area contributed by atoms with Crippen LogP contribution in [-0.4, -0.2) is 13.4 Å². The van der Waals surface area contributed by atoms with E-state index in [1.165, 1.54) is 12.3 Å². The van der Waals surface area contributed by atoms with Crippen LogP contribution in [0.3, 0.4) is 0 Å². The van der Waals surface area contributed by atoms with E-state index in [2.05, 4.69) is 4.98 Å². The van der Waals surface area contributed by atoms with Gasteiger partial charge in [0.1, 0.15) is 0 Å². The normalized spacial score (nSPS) is 10.4. The lowest BCUT2D eigenvalue weighted by Gasteiger charge is -1.96. The van der Waals surface area contributed by atoms with E-state index in [4.69, 9.17) is 5.73 Å². The van der Waals surface area contributed by atoms with Crippen molar-refractivity contribution in [2.75, 3.05) is 0 Å². The molecule has 0 aliphatic heterocycles. The van der Waals surface area contributed by atoms with Crippen LogP contribution >= 0.6 is 0 Å². The molecule has 0 radical (unpaired) electrons. The highest BCUT2D eigenvalue weighted by atomic mass is 32.2. The van der Waals surface area contributed by atoms with Crippen molar-refractivity contribution in [3.05, 3.63) is 24.0 Å². The average molecular weight is 172 g/mol. The van der Waals surface area contributed by atoms with Crippen LogP contribution in [0.25, 0.3) is 0 Å². The molecule has 2 N–H and O–H groups in total. The molecule has 5 heteroatoms. The van der Waals surface area contributed by atoms with Crippen molar-refractivity contribution in [1.29, 1.82) is 0 Å². The number of thiol groups is 1. The zero-order chi connectivity index (χ0) is 8.27. The first-order valence-corrected chi connectivity index (χ1v) is 4.22. The highest BCUT2D eigenvalue weighted by Gasteiger charge is 2.01. The molecule has 0 amide bonds. The van der Waals surface area contributed by atoms with E-state index in [1.807, 2.05) is 0 Å². The van der Waals surface area contributed by atoms with Gasteiger partial charge in [-0.3, -0.25) is 4.98 Å². The van der Waals surface area contributed by atoms with Crippen molar-refractivity contribution in [2.24, 2.45) is 5.73 Å². The molecule has 0 unspecified atom stereocenters. The quantitative estimate of drug-likeness (QED) is 0.590. The zero-order valence-corrected chi connectivity index (χ0v) is 6.62. The van der Waals surface area contributed by atoms with Crippen LogP contribution in [0, 0.1) is 0 Å². The fourth-order valence-corrected chi connectivity index (χ4v) is 1.32. The molecule has 0 aliphatic rings. The van der Waals surface area contributed by atoms with Gasteiger partial charge in [-0.1, -0.05) is 0 Å². The van der Waals surface area contributed by atoms with Gasteiger partial charge < -0.3 is 5.73 Å². The maximum absolute atomic E-state index is 10.5. The third-order valence-corrected chi connectivity index (χ3v) is 2.06. The summed E-state index contributed by atoms with van der Waals surface area (Å²) < 4.78 is 21.0. The second-order valence-corrected chi connectivity index (χ2v) is 2.93. The summed E-state index contributed by atoms with van der Waals surface area (Å²) in [6, 6.07) is 3.06. The summed E-state index contributed by atoms with van der Waals surface area (Å²) in [5.74, 6) is 0. The maximum Gasteiger partial charge on any atom is 0.170 e. The topological polar surface area (TPSA) is 73.0 Å². The molecule has 0 aliphatic carbocycles. The van der Waals surface area contributed by atoms with E-state index in [-0.39, 0.29) is 11.4 Å². The first-order chi connectivity index (χ1) is 5.25. The Balaban J connectivity index is 3.23. The molecular formula is C6H8N2O2S. The van der Waals surface area contributed by atoms with E-state index in [9.17, 15) is 8.42 Å². The molecule has 1 heterocycles. The first-order valence-electron chi connectivity index (χ1n) is 3.04. The molecule has 11 heavy (non-hydrogen) atoms. The van der Waals surface area contributed by atoms with Crippen LogP contribution in [0.4, 0.5) is 0 Å². The molecule has 0 atom stereocenters. The third-order valence-electron chi connectivity index (χ3n) is 1.26. The van der Waals surface area contributed by atoms with Gasteiger partial charge in [0.25, 0.3) is 0 Å². The fourth-order valence-electron chi connectivity index (χ4n) is 0.753. The predicted octanol–water partition coefficient (Wildman–Crippen LogP) is -0.489. The standard InChI is InChI=1S/C6H8N2O2S/c7-4-5-6(11(9)10)2-1-3-8-5/h1-3,11H,4,7H2. The van der Waals surface area contributed by atoms with Gasteiger partial charge in [0.05, 0.1) is 10.6 Å². The van der Waals surface area contributed by atoms with Crippen molar-refractivity contribution in [2.45, 2.75) is 11.4 Å². The minimum atomic E-state index is -2.56. The van der Waals surface area contributed by atoms with Gasteiger partial charge >= 0.3 is 0 Å². The lowest BCUT2D eigenvalue weighted by molar-refractivity contribution is 0.612. The summed E-state index contributed by atoms with van der Waals surface area (Å²) >= 11 is 0. The van der Waals surface area contributed by atoms with Gasteiger partial charge in [0.15, 0.2) is 10.7 Å². The van der Waals surface area contributed by atoms with Crippen LogP contribution in [0.2, 0.25) is 0 Å². The van der Waals surface area contributed by atoms with Crippen molar-refractivity contribution in [1.82, 2.24) is 4.98 Å². The molecule has 0 saturated carbocycles. The summed E-state index contributed by atoms with van der Waals surface area (Å²) in [4.78, 5) is 4.02. The van der Waals surface area contributed by atoms with Crippen molar-refractivity contribution >= 4 is 10.7 Å². The Bertz CT molecular complexity index is 314. The molecule has 0 spiro atoms. The highest BCUT2D eigenvalue weighted by molar-refractivity contribution is 7.72. The minimum absolute atomic E-state index is 0.152. The second kappa shape index (κ2) is 3.45. The van der Waals surface area contributed by atoms with Crippen molar-refractivity contribution in [3.8, 4) is 0 Å². The average Bonchev–Trinajstić information content (AvgIpc) is 2.04. The Labute approximate surface area is 66.0 Å². The van der Waals surface area contributed by atoms with Gasteiger partial charge in [0, 0.05) is 12.7 Å². The molecule has 1 aromatic heterocycles. The number of nitrogens with zero attached hydrogens (tertiary/aromatic N) is 1. The molecule has 0 bridgehead atoms. The van der Waals surface area contributed by atoms with E-state index in [0.717, 1.165) is 0 Å². The van der Waals surface area contributed by atoms with E-state index >= 15 is 0 Å². The molecule has 1 aromatic rings. The largest absolute Gasteiger partial charge is 0.325 e. The van der Waals surface area contributed by atoms with E-state index < -0.39 is 10.7 Å². The number of aromatic nitrogens is 1. The van der Waals surface area contributed by atoms with Crippen LogP contribution in [0.15, 0.2) is 23.2 Å². The van der Waals surface area contributed by atoms with Crippen LogP contribution in [0.1, 0.15) is 5.69 Å². The Morgan fingerprint density at radius 2 is 2.27 bits per heavy atom. The van der Waals surface area contributed by atoms with Gasteiger partial charge in [-0.15, -0.1) is 0 Å². The SMILES string of the molecule is NCc1ncccc1[SH](=O)=O. The molecule has 0 aromatic carbocycles. The third kappa shape index (κ3) is 1.75. The lowest BCUT2D eigenvalue weighted by atomic mass is 10.3. The first kappa shape index (κ1) is 8.16. The van der Waals surface area contributed by atoms with Crippen LogP contribution in [0.5, 0.6) is 0 Å². The molecule has 60 valence electrons. The van der Waals surface area contributed by atoms with Gasteiger partial charge in [0.2, 0.25) is 0 Å². The molecule has 4 nitrogen and oxygen atoms in total. The molecular weight excluding hydrogens is 164 g/mol. The zero-order valence-electron chi connectivity index (χ0n) is 5.73. The highest BCUT2D eigenvalue weighted by Crippen LogP contribution is 2.04. The number of pyridine rings is 1. The minimum Gasteiger partial charge on any atom is -0.325 e. The Hall–Kier alpha value is -0.940. The molecule has 0 saturated heterocycles. The second-order valence-electron chi connectivity index (χ2n) is 1.93. The summed E-state index contributed by atoms with van der Waals surface area (Å²) in [6.45, 7) is 0.152. The predicted molar refractivity (Wildman–Crippen MR) is 40.7 cm³/mol. The fraction of sp³-hybridized carbons (Fsp3) is 0.167. The van der Waals surface area contributed by atoms with Gasteiger partial charge in [-0.05, 0) is 12.1 Å². The summed E-state index contributed by atoms with van der Waals surface area (Å²) in [7, 11) is -2.56. The lowest BCUT2D eigenvalue weighted by Crippen LogP contribution is -2.02. The number of hydrogen-bond donors (Lipinski definition) is 2. The van der Waals surface area contributed by atoms with Crippen LogP contribution in [-0.2, 0) is 17.2 Å².